The Kier molecular flexibility index (Phi) is 2.00. The normalized spacial score (nSPS) is 13.4. The predicted molar refractivity (Wildman–Crippen MR) is 61.0 cm³/mol. The van der Waals surface area contributed by atoms with Crippen LogP contribution in [0.3, 0.4) is 0 Å². The van der Waals surface area contributed by atoms with Crippen molar-refractivity contribution in [2.75, 3.05) is 0 Å². The summed E-state index contributed by atoms with van der Waals surface area (Å²) in [6, 6.07) is 15.9. The monoisotopic (exact) mass is 210 g/mol. The van der Waals surface area contributed by atoms with Crippen molar-refractivity contribution in [2.45, 2.75) is 6.61 Å². The van der Waals surface area contributed by atoms with E-state index in [9.17, 15) is 4.79 Å². The molecule has 3 rings (SSSR count). The van der Waals surface area contributed by atoms with Crippen molar-refractivity contribution in [1.29, 1.82) is 0 Å². The van der Waals surface area contributed by atoms with Crippen LogP contribution in [0.2, 0.25) is 0 Å². The fourth-order valence-electron chi connectivity index (χ4n) is 1.94. The quantitative estimate of drug-likeness (QED) is 0.676. The smallest absolute Gasteiger partial charge is 0.338 e. The summed E-state index contributed by atoms with van der Waals surface area (Å²) in [7, 11) is 0. The Morgan fingerprint density at radius 2 is 1.75 bits per heavy atom. The zero-order chi connectivity index (χ0) is 11.0. The number of carbonyl (C=O) groups excluding carboxylic acids is 1. The largest absolute Gasteiger partial charge is 0.457 e. The molecule has 1 heterocycles. The number of hydrogen-bond donors (Lipinski definition) is 0. The van der Waals surface area contributed by atoms with Gasteiger partial charge in [-0.1, -0.05) is 36.4 Å². The van der Waals surface area contributed by atoms with Crippen LogP contribution in [0.25, 0.3) is 11.1 Å². The van der Waals surface area contributed by atoms with Crippen LogP contribution in [-0.4, -0.2) is 5.97 Å². The van der Waals surface area contributed by atoms with Crippen LogP contribution in [0.5, 0.6) is 0 Å². The Morgan fingerprint density at radius 3 is 2.56 bits per heavy atom. The molecule has 1 aliphatic heterocycles. The van der Waals surface area contributed by atoms with Crippen molar-refractivity contribution in [3.8, 4) is 11.1 Å². The molecule has 1 aliphatic rings. The van der Waals surface area contributed by atoms with Gasteiger partial charge in [-0.2, -0.15) is 0 Å². The van der Waals surface area contributed by atoms with Crippen molar-refractivity contribution in [3.63, 3.8) is 0 Å². The first-order valence-electron chi connectivity index (χ1n) is 5.20. The number of hydrogen-bond acceptors (Lipinski definition) is 2. The Balaban J connectivity index is 2.09. The fourth-order valence-corrected chi connectivity index (χ4v) is 1.94. The maximum atomic E-state index is 11.3. The van der Waals surface area contributed by atoms with Gasteiger partial charge in [-0.05, 0) is 23.3 Å². The number of fused-ring (bicyclic) bond motifs is 1. The summed E-state index contributed by atoms with van der Waals surface area (Å²) in [5.74, 6) is -0.213. The fraction of sp³-hybridized carbons (Fsp3) is 0.0714. The van der Waals surface area contributed by atoms with Gasteiger partial charge >= 0.3 is 5.97 Å². The molecule has 0 N–H and O–H groups in total. The lowest BCUT2D eigenvalue weighted by molar-refractivity contribution is 0.0535. The van der Waals surface area contributed by atoms with E-state index in [-0.39, 0.29) is 5.97 Å². The van der Waals surface area contributed by atoms with E-state index < -0.39 is 0 Å². The summed E-state index contributed by atoms with van der Waals surface area (Å²) >= 11 is 0. The lowest BCUT2D eigenvalue weighted by Gasteiger charge is -2.02. The first kappa shape index (κ1) is 9.16. The molecule has 0 radical (unpaired) electrons. The zero-order valence-electron chi connectivity index (χ0n) is 8.64. The molecule has 0 bridgehead atoms. The van der Waals surface area contributed by atoms with E-state index >= 15 is 0 Å². The molecule has 0 atom stereocenters. The predicted octanol–water partition coefficient (Wildman–Crippen LogP) is 3.02. The lowest BCUT2D eigenvalue weighted by Crippen LogP contribution is -1.92. The number of esters is 1. The average molecular weight is 210 g/mol. The summed E-state index contributed by atoms with van der Waals surface area (Å²) in [6.07, 6.45) is 0. The van der Waals surface area contributed by atoms with Crippen molar-refractivity contribution in [1.82, 2.24) is 0 Å². The molecule has 0 amide bonds. The summed E-state index contributed by atoms with van der Waals surface area (Å²) in [5.41, 5.74) is 3.95. The van der Waals surface area contributed by atoms with Crippen LogP contribution in [-0.2, 0) is 11.3 Å². The Labute approximate surface area is 93.5 Å². The van der Waals surface area contributed by atoms with Crippen molar-refractivity contribution >= 4 is 5.97 Å². The lowest BCUT2D eigenvalue weighted by atomic mass is 10.0. The molecule has 0 spiro atoms. The third-order valence-corrected chi connectivity index (χ3v) is 2.79. The van der Waals surface area contributed by atoms with Gasteiger partial charge in [0, 0.05) is 5.56 Å². The molecular formula is C14H10O2. The molecule has 0 saturated carbocycles. The van der Waals surface area contributed by atoms with E-state index in [1.807, 2.05) is 36.4 Å². The molecule has 2 nitrogen and oxygen atoms in total. The molecule has 16 heavy (non-hydrogen) atoms. The first-order chi connectivity index (χ1) is 7.84. The van der Waals surface area contributed by atoms with Crippen LogP contribution in [0.15, 0.2) is 48.5 Å². The van der Waals surface area contributed by atoms with Gasteiger partial charge in [0.05, 0.1) is 5.56 Å². The minimum atomic E-state index is -0.213. The van der Waals surface area contributed by atoms with Gasteiger partial charge in [-0.25, -0.2) is 4.79 Å². The zero-order valence-corrected chi connectivity index (χ0v) is 8.64. The van der Waals surface area contributed by atoms with Crippen LogP contribution < -0.4 is 0 Å². The molecule has 0 saturated heterocycles. The molecule has 78 valence electrons. The highest BCUT2D eigenvalue weighted by molar-refractivity contribution is 5.94. The first-order valence-corrected chi connectivity index (χ1v) is 5.20. The molecule has 2 aromatic rings. The molecular weight excluding hydrogens is 200 g/mol. The SMILES string of the molecule is O=C1OCc2cc(-c3ccccc3)ccc21. The minimum Gasteiger partial charge on any atom is -0.457 e. The molecule has 2 aromatic carbocycles. The second-order valence-electron chi connectivity index (χ2n) is 3.81. The summed E-state index contributed by atoms with van der Waals surface area (Å²) < 4.78 is 4.98. The third kappa shape index (κ3) is 1.39. The van der Waals surface area contributed by atoms with E-state index in [0.29, 0.717) is 12.2 Å². The van der Waals surface area contributed by atoms with E-state index in [4.69, 9.17) is 4.74 Å². The summed E-state index contributed by atoms with van der Waals surface area (Å²) in [4.78, 5) is 11.3. The highest BCUT2D eigenvalue weighted by Gasteiger charge is 2.20. The second-order valence-corrected chi connectivity index (χ2v) is 3.81. The van der Waals surface area contributed by atoms with Crippen LogP contribution >= 0.6 is 0 Å². The second kappa shape index (κ2) is 3.49. The van der Waals surface area contributed by atoms with Crippen molar-refractivity contribution in [2.24, 2.45) is 0 Å². The third-order valence-electron chi connectivity index (χ3n) is 2.79. The average Bonchev–Trinajstić information content (AvgIpc) is 2.72. The molecule has 2 heteroatoms. The summed E-state index contributed by atoms with van der Waals surface area (Å²) in [6.45, 7) is 0.398. The highest BCUT2D eigenvalue weighted by Crippen LogP contribution is 2.26. The molecule has 0 fully saturated rings. The Morgan fingerprint density at radius 1 is 0.938 bits per heavy atom. The van der Waals surface area contributed by atoms with Gasteiger partial charge in [0.25, 0.3) is 0 Å². The number of benzene rings is 2. The maximum absolute atomic E-state index is 11.3. The van der Waals surface area contributed by atoms with Crippen LogP contribution in [0, 0.1) is 0 Å². The van der Waals surface area contributed by atoms with Gasteiger partial charge in [-0.3, -0.25) is 0 Å². The number of ether oxygens (including phenoxy) is 1. The standard InChI is InChI=1S/C14H10O2/c15-14-13-7-6-11(8-12(13)9-16-14)10-4-2-1-3-5-10/h1-8H,9H2. The topological polar surface area (TPSA) is 26.3 Å². The van der Waals surface area contributed by atoms with E-state index in [1.165, 1.54) is 0 Å². The molecule has 0 unspecified atom stereocenters. The van der Waals surface area contributed by atoms with E-state index in [1.54, 1.807) is 0 Å². The van der Waals surface area contributed by atoms with E-state index in [0.717, 1.165) is 16.7 Å². The minimum absolute atomic E-state index is 0.213. The maximum Gasteiger partial charge on any atom is 0.338 e. The number of rotatable bonds is 1. The summed E-state index contributed by atoms with van der Waals surface area (Å²) in [5, 5.41) is 0. The number of carbonyl (C=O) groups is 1. The van der Waals surface area contributed by atoms with Gasteiger partial charge in [-0.15, -0.1) is 0 Å². The van der Waals surface area contributed by atoms with Gasteiger partial charge < -0.3 is 4.74 Å². The van der Waals surface area contributed by atoms with Gasteiger partial charge in [0.1, 0.15) is 6.61 Å². The Bertz CT molecular complexity index is 544. The Hall–Kier alpha value is -2.09. The van der Waals surface area contributed by atoms with Crippen LogP contribution in [0.4, 0.5) is 0 Å². The van der Waals surface area contributed by atoms with Gasteiger partial charge in [0.15, 0.2) is 0 Å². The van der Waals surface area contributed by atoms with Crippen molar-refractivity contribution in [3.05, 3.63) is 59.7 Å². The molecule has 0 aliphatic carbocycles. The van der Waals surface area contributed by atoms with Crippen molar-refractivity contribution < 1.29 is 9.53 Å². The molecule has 0 aromatic heterocycles. The van der Waals surface area contributed by atoms with E-state index in [2.05, 4.69) is 12.1 Å². The highest BCUT2D eigenvalue weighted by atomic mass is 16.5. The van der Waals surface area contributed by atoms with Crippen LogP contribution in [0.1, 0.15) is 15.9 Å². The van der Waals surface area contributed by atoms with Gasteiger partial charge in [0.2, 0.25) is 0 Å². The number of cyclic esters (lactones) is 1.